The number of thioether (sulfide) groups is 1. The summed E-state index contributed by atoms with van der Waals surface area (Å²) in [5.41, 5.74) is 3.25. The second-order valence-corrected chi connectivity index (χ2v) is 11.4. The number of carbonyl (C=O) groups is 3. The van der Waals surface area contributed by atoms with Gasteiger partial charge in [0, 0.05) is 23.8 Å². The first-order valence-corrected chi connectivity index (χ1v) is 13.9. The number of nitrogens with one attached hydrogen (secondary N) is 4. The SMILES string of the molecule is CNCC(=O)N[C@@H]1CC[C@H](NC(=O)C2Sc3nccc4c3C2NC(=O)N4c2ccc(OC(C)C)cc2C)C1. The van der Waals surface area contributed by atoms with Crippen molar-refractivity contribution in [3.05, 3.63) is 41.6 Å². The number of hydrogen-bond donors (Lipinski definition) is 4. The fourth-order valence-electron chi connectivity index (χ4n) is 5.45. The number of amides is 4. The Labute approximate surface area is 226 Å². The van der Waals surface area contributed by atoms with Crippen molar-refractivity contribution in [2.24, 2.45) is 0 Å². The number of rotatable bonds is 8. The van der Waals surface area contributed by atoms with Crippen LogP contribution in [0.4, 0.5) is 16.2 Å². The number of benzene rings is 1. The Hall–Kier alpha value is -3.31. The quantitative estimate of drug-likeness (QED) is 0.407. The molecule has 4 amide bonds. The molecule has 0 saturated heterocycles. The number of ether oxygens (including phenoxy) is 1. The molecule has 2 aromatic rings. The number of aromatic nitrogens is 1. The minimum atomic E-state index is -0.523. The van der Waals surface area contributed by atoms with Crippen molar-refractivity contribution in [2.75, 3.05) is 18.5 Å². The molecule has 10 nitrogen and oxygen atoms in total. The summed E-state index contributed by atoms with van der Waals surface area (Å²) in [6.45, 7) is 6.16. The monoisotopic (exact) mass is 538 g/mol. The zero-order valence-electron chi connectivity index (χ0n) is 22.0. The second kappa shape index (κ2) is 10.8. The number of urea groups is 1. The van der Waals surface area contributed by atoms with Crippen LogP contribution in [0.25, 0.3) is 0 Å². The first-order valence-electron chi connectivity index (χ1n) is 13.0. The van der Waals surface area contributed by atoms with E-state index < -0.39 is 11.3 Å². The minimum absolute atomic E-state index is 0.0239. The molecule has 4 atom stereocenters. The summed E-state index contributed by atoms with van der Waals surface area (Å²) in [5.74, 6) is 0.576. The minimum Gasteiger partial charge on any atom is -0.491 e. The molecule has 1 saturated carbocycles. The molecule has 1 aromatic heterocycles. The van der Waals surface area contributed by atoms with Crippen molar-refractivity contribution < 1.29 is 19.1 Å². The van der Waals surface area contributed by atoms with Crippen LogP contribution >= 0.6 is 11.8 Å². The number of anilines is 2. The van der Waals surface area contributed by atoms with Gasteiger partial charge in [0.2, 0.25) is 11.8 Å². The average Bonchev–Trinajstić information content (AvgIpc) is 3.45. The maximum Gasteiger partial charge on any atom is 0.327 e. The number of nitrogens with zero attached hydrogens (tertiary/aromatic N) is 2. The van der Waals surface area contributed by atoms with Crippen LogP contribution in [-0.4, -0.2) is 59.9 Å². The third-order valence-electron chi connectivity index (χ3n) is 7.03. The van der Waals surface area contributed by atoms with Crippen LogP contribution in [0, 0.1) is 6.92 Å². The van der Waals surface area contributed by atoms with E-state index in [0.717, 1.165) is 46.1 Å². The molecular weight excluding hydrogens is 504 g/mol. The highest BCUT2D eigenvalue weighted by Crippen LogP contribution is 2.51. The Morgan fingerprint density at radius 2 is 1.95 bits per heavy atom. The first-order chi connectivity index (χ1) is 18.2. The Bertz CT molecular complexity index is 1250. The lowest BCUT2D eigenvalue weighted by Gasteiger charge is -2.35. The van der Waals surface area contributed by atoms with Crippen LogP contribution in [0.3, 0.4) is 0 Å². The van der Waals surface area contributed by atoms with E-state index >= 15 is 0 Å². The van der Waals surface area contributed by atoms with E-state index in [0.29, 0.717) is 6.42 Å². The van der Waals surface area contributed by atoms with E-state index in [1.165, 1.54) is 11.8 Å². The van der Waals surface area contributed by atoms with Gasteiger partial charge in [-0.05, 0) is 76.9 Å². The molecule has 2 aliphatic heterocycles. The average molecular weight is 539 g/mol. The molecule has 3 aliphatic rings. The molecule has 5 rings (SSSR count). The molecule has 38 heavy (non-hydrogen) atoms. The predicted molar refractivity (Wildman–Crippen MR) is 146 cm³/mol. The summed E-state index contributed by atoms with van der Waals surface area (Å²) >= 11 is 1.38. The highest BCUT2D eigenvalue weighted by molar-refractivity contribution is 8.01. The molecule has 0 spiro atoms. The molecule has 2 unspecified atom stereocenters. The lowest BCUT2D eigenvalue weighted by atomic mass is 9.99. The summed E-state index contributed by atoms with van der Waals surface area (Å²) in [6, 6.07) is 6.78. The fraction of sp³-hybridized carbons (Fsp3) is 0.481. The van der Waals surface area contributed by atoms with Crippen LogP contribution < -0.4 is 30.9 Å². The maximum atomic E-state index is 13.5. The van der Waals surface area contributed by atoms with Crippen LogP contribution in [0.15, 0.2) is 35.5 Å². The molecular formula is C27H34N6O4S. The second-order valence-electron chi connectivity index (χ2n) is 10.3. The summed E-state index contributed by atoms with van der Waals surface area (Å²) in [4.78, 5) is 44.9. The van der Waals surface area contributed by atoms with Crippen molar-refractivity contribution in [3.8, 4) is 5.75 Å². The van der Waals surface area contributed by atoms with Gasteiger partial charge in [-0.25, -0.2) is 9.78 Å². The molecule has 3 heterocycles. The Morgan fingerprint density at radius 3 is 2.66 bits per heavy atom. The van der Waals surface area contributed by atoms with Gasteiger partial charge in [0.05, 0.1) is 30.1 Å². The molecule has 0 bridgehead atoms. The van der Waals surface area contributed by atoms with Crippen molar-refractivity contribution in [1.29, 1.82) is 0 Å². The number of hydrogen-bond acceptors (Lipinski definition) is 7. The standard InChI is InChI=1S/C27H34N6O4S/c1-14(2)37-18-7-8-19(15(3)11-18)33-20-9-10-29-26-22(20)23(32-27(33)36)24(38-26)25(35)31-17-6-5-16(12-17)30-21(34)13-28-4/h7-11,14,16-17,23-24,28H,5-6,12-13H2,1-4H3,(H,30,34)(H,31,35)(H,32,36)/t16-,17+,23?,24?/m1/s1. The van der Waals surface area contributed by atoms with Gasteiger partial charge in [-0.15, -0.1) is 0 Å². The van der Waals surface area contributed by atoms with Crippen LogP contribution in [0.2, 0.25) is 0 Å². The van der Waals surface area contributed by atoms with Gasteiger partial charge in [0.15, 0.2) is 0 Å². The fourth-order valence-corrected chi connectivity index (χ4v) is 6.69. The van der Waals surface area contributed by atoms with Crippen molar-refractivity contribution >= 4 is 41.0 Å². The first kappa shape index (κ1) is 26.3. The van der Waals surface area contributed by atoms with Gasteiger partial charge < -0.3 is 26.0 Å². The summed E-state index contributed by atoms with van der Waals surface area (Å²) in [6.07, 6.45) is 4.04. The van der Waals surface area contributed by atoms with E-state index in [1.54, 1.807) is 18.1 Å². The predicted octanol–water partition coefficient (Wildman–Crippen LogP) is 2.93. The molecule has 1 aliphatic carbocycles. The molecule has 11 heteroatoms. The normalized spacial score (nSPS) is 23.7. The number of likely N-dealkylation sites (N-methyl/N-ethyl adjacent to an activating group) is 1. The molecule has 1 fully saturated rings. The van der Waals surface area contributed by atoms with Gasteiger partial charge in [-0.1, -0.05) is 11.8 Å². The Kier molecular flexibility index (Phi) is 7.49. The van der Waals surface area contributed by atoms with Crippen molar-refractivity contribution in [1.82, 2.24) is 26.3 Å². The Morgan fingerprint density at radius 1 is 1.18 bits per heavy atom. The third-order valence-corrected chi connectivity index (χ3v) is 8.32. The van der Waals surface area contributed by atoms with Gasteiger partial charge >= 0.3 is 6.03 Å². The summed E-state index contributed by atoms with van der Waals surface area (Å²) < 4.78 is 5.81. The highest BCUT2D eigenvalue weighted by Gasteiger charge is 2.47. The lowest BCUT2D eigenvalue weighted by molar-refractivity contribution is -0.121. The number of aryl methyl sites for hydroxylation is 1. The van der Waals surface area contributed by atoms with E-state index in [4.69, 9.17) is 4.74 Å². The van der Waals surface area contributed by atoms with E-state index in [2.05, 4.69) is 26.3 Å². The third kappa shape index (κ3) is 5.17. The number of pyridine rings is 1. The van der Waals surface area contributed by atoms with Gasteiger partial charge in [-0.2, -0.15) is 0 Å². The molecule has 202 valence electrons. The van der Waals surface area contributed by atoms with Crippen molar-refractivity contribution in [2.45, 2.75) is 74.5 Å². The van der Waals surface area contributed by atoms with Crippen LogP contribution in [0.5, 0.6) is 5.75 Å². The van der Waals surface area contributed by atoms with Crippen LogP contribution in [0.1, 0.15) is 50.3 Å². The smallest absolute Gasteiger partial charge is 0.327 e. The summed E-state index contributed by atoms with van der Waals surface area (Å²) in [7, 11) is 1.73. The topological polar surface area (TPSA) is 125 Å². The molecule has 1 aromatic carbocycles. The number of carbonyl (C=O) groups excluding carboxylic acids is 3. The zero-order valence-corrected chi connectivity index (χ0v) is 22.9. The highest BCUT2D eigenvalue weighted by atomic mass is 32.2. The largest absolute Gasteiger partial charge is 0.491 e. The molecule has 4 N–H and O–H groups in total. The lowest BCUT2D eigenvalue weighted by Crippen LogP contribution is -2.50. The van der Waals surface area contributed by atoms with Gasteiger partial charge in [-0.3, -0.25) is 14.5 Å². The van der Waals surface area contributed by atoms with E-state index in [1.807, 2.05) is 45.0 Å². The maximum absolute atomic E-state index is 13.5. The van der Waals surface area contributed by atoms with E-state index in [-0.39, 0.29) is 42.6 Å². The zero-order chi connectivity index (χ0) is 27.0. The van der Waals surface area contributed by atoms with Gasteiger partial charge in [0.25, 0.3) is 0 Å². The van der Waals surface area contributed by atoms with E-state index in [9.17, 15) is 14.4 Å². The molecule has 0 radical (unpaired) electrons. The van der Waals surface area contributed by atoms with Crippen LogP contribution in [-0.2, 0) is 9.59 Å². The van der Waals surface area contributed by atoms with Gasteiger partial charge in [0.1, 0.15) is 16.0 Å². The Balaban J connectivity index is 1.32. The summed E-state index contributed by atoms with van der Waals surface area (Å²) in [5, 5.41) is 12.3. The van der Waals surface area contributed by atoms with Crippen molar-refractivity contribution in [3.63, 3.8) is 0 Å².